The summed E-state index contributed by atoms with van der Waals surface area (Å²) in [5.74, 6) is 0. The summed E-state index contributed by atoms with van der Waals surface area (Å²) >= 11 is 0. The van der Waals surface area contributed by atoms with Gasteiger partial charge in [-0.2, -0.15) is 0 Å². The van der Waals surface area contributed by atoms with Gasteiger partial charge in [0.15, 0.2) is 0 Å². The first-order valence-electron chi connectivity index (χ1n) is 3.42. The molecule has 0 aromatic carbocycles. The molecule has 0 radical (unpaired) electrons. The third-order valence-corrected chi connectivity index (χ3v) is 1.99. The van der Waals surface area contributed by atoms with E-state index in [-0.39, 0.29) is 0 Å². The Labute approximate surface area is 57.4 Å². The minimum atomic E-state index is 0.690. The van der Waals surface area contributed by atoms with Crippen molar-refractivity contribution in [1.82, 2.24) is 9.80 Å². The van der Waals surface area contributed by atoms with Crippen molar-refractivity contribution in [1.29, 1.82) is 0 Å². The zero-order valence-corrected chi connectivity index (χ0v) is 6.30. The van der Waals surface area contributed by atoms with Crippen LogP contribution in [0.5, 0.6) is 0 Å². The molecule has 0 saturated carbocycles. The van der Waals surface area contributed by atoms with Gasteiger partial charge in [0.1, 0.15) is 0 Å². The Morgan fingerprint density at radius 1 is 1.67 bits per heavy atom. The molecule has 0 spiro atoms. The van der Waals surface area contributed by atoms with Crippen LogP contribution in [0.25, 0.3) is 0 Å². The maximum Gasteiger partial charge on any atom is 0.0111 e. The van der Waals surface area contributed by atoms with Gasteiger partial charge in [-0.25, -0.2) is 0 Å². The maximum atomic E-state index is 3.86. The zero-order valence-electron chi connectivity index (χ0n) is 6.30. The van der Waals surface area contributed by atoms with Crippen molar-refractivity contribution >= 4 is 0 Å². The van der Waals surface area contributed by atoms with Crippen molar-refractivity contribution in [2.24, 2.45) is 0 Å². The molecule has 1 aliphatic heterocycles. The van der Waals surface area contributed by atoms with Crippen LogP contribution in [0, 0.1) is 7.05 Å². The van der Waals surface area contributed by atoms with E-state index in [4.69, 9.17) is 0 Å². The molecule has 1 heterocycles. The molecule has 0 aliphatic carbocycles. The smallest absolute Gasteiger partial charge is 0.0111 e. The second kappa shape index (κ2) is 2.67. The largest absolute Gasteiger partial charge is 0.458 e. The minimum absolute atomic E-state index is 0.690. The first kappa shape index (κ1) is 7.03. The number of hydrogen-bond acceptors (Lipinski definition) is 2. The van der Waals surface area contributed by atoms with E-state index in [1.807, 2.05) is 7.05 Å². The van der Waals surface area contributed by atoms with Gasteiger partial charge in [-0.1, -0.05) is 0 Å². The Hall–Kier alpha value is -0.0800. The number of nitrogens with zero attached hydrogens (tertiary/aromatic N) is 2. The van der Waals surface area contributed by atoms with Gasteiger partial charge < -0.3 is 9.80 Å². The predicted octanol–water partition coefficient (Wildman–Crippen LogP) is 0.414. The maximum absolute atomic E-state index is 3.86. The van der Waals surface area contributed by atoms with E-state index in [2.05, 4.69) is 23.9 Å². The van der Waals surface area contributed by atoms with E-state index in [0.717, 1.165) is 0 Å². The normalized spacial score (nSPS) is 30.0. The molecule has 2 heteroatoms. The number of likely N-dealkylation sites (N-methyl/N-ethyl adjacent to an activating group) is 2. The Kier molecular flexibility index (Phi) is 2.09. The Balaban J connectivity index is 2.30. The van der Waals surface area contributed by atoms with Crippen molar-refractivity contribution in [3.8, 4) is 0 Å². The molecule has 1 fully saturated rings. The molecule has 0 N–H and O–H groups in total. The van der Waals surface area contributed by atoms with Crippen LogP contribution in [0.15, 0.2) is 0 Å². The molecule has 0 aromatic rings. The summed E-state index contributed by atoms with van der Waals surface area (Å²) in [5, 5.41) is 0. The lowest BCUT2D eigenvalue weighted by atomic mass is 10.2. The molecule has 0 amide bonds. The molecule has 2 nitrogen and oxygen atoms in total. The van der Waals surface area contributed by atoms with Crippen molar-refractivity contribution in [2.45, 2.75) is 12.5 Å². The zero-order chi connectivity index (χ0) is 6.85. The highest BCUT2D eigenvalue weighted by Crippen LogP contribution is 2.10. The molecular weight excluding hydrogens is 112 g/mol. The van der Waals surface area contributed by atoms with Crippen molar-refractivity contribution in [3.63, 3.8) is 0 Å². The van der Waals surface area contributed by atoms with E-state index in [1.165, 1.54) is 19.5 Å². The fourth-order valence-corrected chi connectivity index (χ4v) is 1.27. The molecule has 9 heavy (non-hydrogen) atoms. The lowest BCUT2D eigenvalue weighted by Crippen LogP contribution is -2.28. The van der Waals surface area contributed by atoms with E-state index >= 15 is 0 Å². The number of hydrogen-bond donors (Lipinski definition) is 0. The van der Waals surface area contributed by atoms with Crippen LogP contribution < -0.4 is 0 Å². The molecule has 0 bridgehead atoms. The highest BCUT2D eigenvalue weighted by Gasteiger charge is 2.17. The van der Waals surface area contributed by atoms with Crippen LogP contribution in [0.3, 0.4) is 0 Å². The average molecular weight is 127 g/mol. The molecule has 1 aliphatic rings. The van der Waals surface area contributed by atoms with Crippen molar-refractivity contribution in [3.05, 3.63) is 7.05 Å². The SMILES string of the molecule is [CH2-]N(C)C1CCN(C)C1. The molecule has 1 saturated heterocycles. The van der Waals surface area contributed by atoms with Crippen LogP contribution in [-0.2, 0) is 0 Å². The molecule has 0 aromatic heterocycles. The highest BCUT2D eigenvalue weighted by atomic mass is 15.2. The van der Waals surface area contributed by atoms with Gasteiger partial charge in [0.25, 0.3) is 0 Å². The van der Waals surface area contributed by atoms with Gasteiger partial charge >= 0.3 is 0 Å². The van der Waals surface area contributed by atoms with Gasteiger partial charge in [0.05, 0.1) is 0 Å². The van der Waals surface area contributed by atoms with Gasteiger partial charge in [-0.15, -0.1) is 0 Å². The summed E-state index contributed by atoms with van der Waals surface area (Å²) in [5.41, 5.74) is 0. The monoisotopic (exact) mass is 127 g/mol. The lowest BCUT2D eigenvalue weighted by molar-refractivity contribution is 0.313. The fraction of sp³-hybridized carbons (Fsp3) is 0.857. The Morgan fingerprint density at radius 3 is 2.56 bits per heavy atom. The second-order valence-electron chi connectivity index (χ2n) is 2.96. The topological polar surface area (TPSA) is 6.48 Å². The Bertz CT molecular complexity index is 90.9. The van der Waals surface area contributed by atoms with E-state index in [0.29, 0.717) is 6.04 Å². The summed E-state index contributed by atoms with van der Waals surface area (Å²) in [6.07, 6.45) is 1.27. The predicted molar refractivity (Wildman–Crippen MR) is 39.0 cm³/mol. The first-order chi connectivity index (χ1) is 4.20. The summed E-state index contributed by atoms with van der Waals surface area (Å²) in [7, 11) is 8.06. The van der Waals surface area contributed by atoms with E-state index in [1.54, 1.807) is 0 Å². The summed E-state index contributed by atoms with van der Waals surface area (Å²) in [6.45, 7) is 2.41. The second-order valence-corrected chi connectivity index (χ2v) is 2.96. The van der Waals surface area contributed by atoms with E-state index < -0.39 is 0 Å². The van der Waals surface area contributed by atoms with E-state index in [9.17, 15) is 0 Å². The van der Waals surface area contributed by atoms with Gasteiger partial charge in [-0.3, -0.25) is 7.05 Å². The third-order valence-electron chi connectivity index (χ3n) is 1.99. The molecule has 1 unspecified atom stereocenters. The van der Waals surface area contributed by atoms with Crippen LogP contribution >= 0.6 is 0 Å². The lowest BCUT2D eigenvalue weighted by Gasteiger charge is -2.26. The first-order valence-corrected chi connectivity index (χ1v) is 3.42. The van der Waals surface area contributed by atoms with Crippen LogP contribution in [0.4, 0.5) is 0 Å². The fourth-order valence-electron chi connectivity index (χ4n) is 1.27. The van der Waals surface area contributed by atoms with Gasteiger partial charge in [0, 0.05) is 6.54 Å². The molecule has 1 rings (SSSR count). The third kappa shape index (κ3) is 1.66. The quantitative estimate of drug-likeness (QED) is 0.471. The van der Waals surface area contributed by atoms with Gasteiger partial charge in [-0.05, 0) is 33.1 Å². The summed E-state index contributed by atoms with van der Waals surface area (Å²) < 4.78 is 0. The van der Waals surface area contributed by atoms with Crippen molar-refractivity contribution in [2.75, 3.05) is 27.2 Å². The minimum Gasteiger partial charge on any atom is -0.458 e. The standard InChI is InChI=1S/C7H15N2/c1-8(2)7-4-5-9(3)6-7/h7H,1,4-6H2,2-3H3/q-1. The van der Waals surface area contributed by atoms with Crippen LogP contribution in [0.1, 0.15) is 6.42 Å². The number of rotatable bonds is 1. The summed E-state index contributed by atoms with van der Waals surface area (Å²) in [4.78, 5) is 4.40. The van der Waals surface area contributed by atoms with Crippen molar-refractivity contribution < 1.29 is 0 Å². The average Bonchev–Trinajstić information content (AvgIpc) is 2.14. The number of likely N-dealkylation sites (tertiary alicyclic amines) is 1. The van der Waals surface area contributed by atoms with Gasteiger partial charge in [0.2, 0.25) is 0 Å². The highest BCUT2D eigenvalue weighted by molar-refractivity contribution is 4.79. The Morgan fingerprint density at radius 2 is 2.33 bits per heavy atom. The molecule has 54 valence electrons. The molecule has 1 atom stereocenters. The van der Waals surface area contributed by atoms with Crippen LogP contribution in [0.2, 0.25) is 0 Å². The van der Waals surface area contributed by atoms with Crippen LogP contribution in [-0.4, -0.2) is 43.0 Å². The molecular formula is C7H15N2-. The summed E-state index contributed by atoms with van der Waals surface area (Å²) in [6, 6.07) is 0.690.